The van der Waals surface area contributed by atoms with E-state index < -0.39 is 44.9 Å². The number of phosphoric acid groups is 1. The maximum Gasteiger partial charge on any atom is 0.529 e. The third-order valence-corrected chi connectivity index (χ3v) is 11.3. The lowest BCUT2D eigenvalue weighted by atomic mass is 10.0. The molecule has 55 heavy (non-hydrogen) atoms. The van der Waals surface area contributed by atoms with Crippen molar-refractivity contribution < 1.29 is 66.8 Å². The molecule has 0 spiro atoms. The lowest BCUT2D eigenvalue weighted by molar-refractivity contribution is -0.137. The van der Waals surface area contributed by atoms with E-state index in [0.717, 1.165) is 25.0 Å². The summed E-state index contributed by atoms with van der Waals surface area (Å²) in [6.45, 7) is 1.72. The number of nitrogens with one attached hydrogen (secondary N) is 3. The number of fused-ring (bicyclic) bond motifs is 2. The highest BCUT2D eigenvalue weighted by Gasteiger charge is 2.46. The van der Waals surface area contributed by atoms with Crippen molar-refractivity contribution in [2.75, 3.05) is 77.5 Å². The molecule has 8 N–H and O–H groups in total. The fourth-order valence-electron chi connectivity index (χ4n) is 6.06. The number of hydrogen-bond acceptors (Lipinski definition) is 18. The third-order valence-electron chi connectivity index (χ3n) is 8.83. The summed E-state index contributed by atoms with van der Waals surface area (Å²) in [6, 6.07) is 0.315. The van der Waals surface area contributed by atoms with Crippen molar-refractivity contribution in [1.29, 1.82) is 0 Å². The smallest absolute Gasteiger partial charge is 0.387 e. The average molecular weight is 821 g/mol. The van der Waals surface area contributed by atoms with Gasteiger partial charge in [-0.2, -0.15) is 11.8 Å². The summed E-state index contributed by atoms with van der Waals surface area (Å²) in [6.07, 6.45) is -0.124. The van der Waals surface area contributed by atoms with Crippen LogP contribution in [0, 0.1) is 0 Å². The van der Waals surface area contributed by atoms with Gasteiger partial charge in [0.25, 0.3) is 0 Å². The molecule has 0 aromatic carbocycles. The van der Waals surface area contributed by atoms with Crippen LogP contribution in [-0.2, 0) is 46.9 Å². The number of amides is 3. The van der Waals surface area contributed by atoms with Gasteiger partial charge in [0.05, 0.1) is 84.3 Å². The van der Waals surface area contributed by atoms with Crippen LogP contribution in [0.4, 0.5) is 10.6 Å². The Kier molecular flexibility index (Phi) is 16.7. The quantitative estimate of drug-likeness (QED) is 0.0358. The highest BCUT2D eigenvalue weighted by molar-refractivity contribution is 8.00. The van der Waals surface area contributed by atoms with E-state index in [1.54, 1.807) is 0 Å². The number of hydrogen-bond donors (Lipinski definition) is 7. The summed E-state index contributed by atoms with van der Waals surface area (Å²) in [4.78, 5) is 57.5. The van der Waals surface area contributed by atoms with E-state index in [-0.39, 0.29) is 67.2 Å². The maximum atomic E-state index is 12.3. The number of urea groups is 1. The van der Waals surface area contributed by atoms with Crippen LogP contribution in [0.3, 0.4) is 0 Å². The molecule has 0 radical (unpaired) electrons. The van der Waals surface area contributed by atoms with E-state index in [1.807, 2.05) is 11.8 Å². The molecule has 0 saturated carbocycles. The largest absolute Gasteiger partial charge is 0.529 e. The minimum Gasteiger partial charge on any atom is -0.387 e. The van der Waals surface area contributed by atoms with Gasteiger partial charge >= 0.3 is 19.8 Å². The number of carbonyl (C=O) groups is 3. The molecule has 5 heterocycles. The fourth-order valence-corrected chi connectivity index (χ4v) is 8.34. The second-order valence-corrected chi connectivity index (χ2v) is 15.4. The van der Waals surface area contributed by atoms with Gasteiger partial charge in [-0.15, -0.1) is 0 Å². The Bertz CT molecular complexity index is 1610. The number of aromatic nitrogens is 4. The van der Waals surface area contributed by atoms with Gasteiger partial charge < -0.3 is 60.1 Å². The summed E-state index contributed by atoms with van der Waals surface area (Å²) < 4.78 is 50.2. The van der Waals surface area contributed by atoms with E-state index in [1.165, 1.54) is 17.2 Å². The van der Waals surface area contributed by atoms with Crippen molar-refractivity contribution in [1.82, 2.24) is 35.5 Å². The van der Waals surface area contributed by atoms with Crippen molar-refractivity contribution in [2.24, 2.45) is 0 Å². The molecular weight excluding hydrogens is 771 g/mol. The summed E-state index contributed by atoms with van der Waals surface area (Å²) in [5.74, 6) is -0.0309. The van der Waals surface area contributed by atoms with Gasteiger partial charge in [-0.25, -0.2) is 24.3 Å². The highest BCUT2D eigenvalue weighted by atomic mass is 32.2. The lowest BCUT2D eigenvalue weighted by Gasteiger charge is -2.17. The molecule has 3 saturated heterocycles. The first-order valence-corrected chi connectivity index (χ1v) is 20.5. The number of aliphatic hydroxyl groups excluding tert-OH is 2. The van der Waals surface area contributed by atoms with Gasteiger partial charge in [-0.3, -0.25) is 23.6 Å². The van der Waals surface area contributed by atoms with Crippen LogP contribution in [-0.4, -0.2) is 160 Å². The molecule has 22 nitrogen and oxygen atoms in total. The van der Waals surface area contributed by atoms with Crippen LogP contribution in [0.15, 0.2) is 12.7 Å². The van der Waals surface area contributed by atoms with Crippen LogP contribution >= 0.6 is 19.6 Å². The second-order valence-electron chi connectivity index (χ2n) is 12.8. The number of aliphatic hydroxyl groups is 2. The first kappa shape index (κ1) is 42.9. The Morgan fingerprint density at radius 3 is 2.44 bits per heavy atom. The monoisotopic (exact) mass is 820 g/mol. The Hall–Kier alpha value is -3.22. The number of unbranched alkanes of at least 4 members (excludes halogenated alkanes) is 1. The van der Waals surface area contributed by atoms with Gasteiger partial charge in [-0.1, -0.05) is 6.42 Å². The number of carbonyl (C=O) groups excluding carboxylic acids is 3. The SMILES string of the molecule is Nc1ncnc2c1ncn2[C@@H]1O[C@H](COP(=O)(O)OC(=O)CCOCCOCCOCCOCCNC(=O)CCCC[C@@H]2SC[C@@H]3NC(=O)N[C@@H]32)C(O)[C@@H]1O. The third kappa shape index (κ3) is 12.9. The molecule has 3 aliphatic heterocycles. The van der Waals surface area contributed by atoms with Crippen molar-refractivity contribution in [3.63, 3.8) is 0 Å². The number of nitrogens with two attached hydrogens (primary N) is 1. The molecule has 3 amide bonds. The number of nitrogen functional groups attached to an aromatic ring is 1. The number of nitrogens with zero attached hydrogens (tertiary/aromatic N) is 4. The molecule has 0 aliphatic carbocycles. The van der Waals surface area contributed by atoms with Crippen molar-refractivity contribution >= 4 is 54.5 Å². The van der Waals surface area contributed by atoms with Gasteiger partial charge in [0, 0.05) is 24.0 Å². The molecule has 2 unspecified atom stereocenters. The molecule has 0 bridgehead atoms. The molecule has 3 aliphatic rings. The van der Waals surface area contributed by atoms with Crippen LogP contribution in [0.25, 0.3) is 11.2 Å². The molecular formula is C31H49N8O14PS. The second kappa shape index (κ2) is 21.3. The Balaban J connectivity index is 0.792. The zero-order valence-corrected chi connectivity index (χ0v) is 31.8. The minimum absolute atomic E-state index is 0.00918. The number of rotatable bonds is 25. The Labute approximate surface area is 320 Å². The normalized spacial score (nSPS) is 25.7. The van der Waals surface area contributed by atoms with Crippen LogP contribution in [0.5, 0.6) is 0 Å². The predicted octanol–water partition coefficient (Wildman–Crippen LogP) is -1.01. The molecule has 308 valence electrons. The molecule has 2 aromatic rings. The Morgan fingerprint density at radius 1 is 0.982 bits per heavy atom. The standard InChI is InChI=1S/C31H49N8O14PS/c32-28-25-29(35-17-34-28)39(18-36-25)30-27(43)26(42)20(52-30)15-51-54(45,46)53-23(41)5-7-47-9-11-49-13-14-50-12-10-48-8-6-33-22(40)4-2-1-3-21-24-19(16-55-21)37-31(44)38-24/h17-21,24,26-27,30,42-43H,1-16H2,(H,33,40)(H,45,46)(H2,32,34,35)(H2,37,38,44)/t19-,20+,21-,24-,26?,27-,30+/m0/s1. The number of ether oxygens (including phenoxy) is 5. The zero-order valence-electron chi connectivity index (χ0n) is 30.1. The predicted molar refractivity (Wildman–Crippen MR) is 192 cm³/mol. The highest BCUT2D eigenvalue weighted by Crippen LogP contribution is 2.45. The van der Waals surface area contributed by atoms with E-state index in [9.17, 15) is 34.1 Å². The molecule has 3 fully saturated rings. The van der Waals surface area contributed by atoms with Crippen molar-refractivity contribution in [2.45, 2.75) is 74.0 Å². The summed E-state index contributed by atoms with van der Waals surface area (Å²) in [7, 11) is -4.89. The molecule has 24 heteroatoms. The van der Waals surface area contributed by atoms with Crippen LogP contribution < -0.4 is 21.7 Å². The van der Waals surface area contributed by atoms with E-state index in [0.29, 0.717) is 51.2 Å². The lowest BCUT2D eigenvalue weighted by Crippen LogP contribution is -2.36. The van der Waals surface area contributed by atoms with Crippen molar-refractivity contribution in [3.05, 3.63) is 12.7 Å². The minimum atomic E-state index is -4.89. The number of thioether (sulfide) groups is 1. The first-order valence-electron chi connectivity index (χ1n) is 17.9. The summed E-state index contributed by atoms with van der Waals surface area (Å²) in [5.41, 5.74) is 6.27. The van der Waals surface area contributed by atoms with Crippen LogP contribution in [0.1, 0.15) is 38.3 Å². The van der Waals surface area contributed by atoms with Gasteiger partial charge in [-0.05, 0) is 12.8 Å². The summed E-state index contributed by atoms with van der Waals surface area (Å²) in [5, 5.41) is 30.1. The fraction of sp³-hybridized carbons (Fsp3) is 0.742. The summed E-state index contributed by atoms with van der Waals surface area (Å²) >= 11 is 1.87. The first-order chi connectivity index (χ1) is 26.5. The maximum absolute atomic E-state index is 12.3. The van der Waals surface area contributed by atoms with Crippen molar-refractivity contribution in [3.8, 4) is 0 Å². The molecule has 8 atom stereocenters. The van der Waals surface area contributed by atoms with Gasteiger partial charge in [0.15, 0.2) is 17.7 Å². The number of anilines is 1. The Morgan fingerprint density at radius 2 is 1.69 bits per heavy atom. The van der Waals surface area contributed by atoms with Gasteiger partial charge in [0.1, 0.15) is 30.2 Å². The number of phosphoric ester groups is 1. The van der Waals surface area contributed by atoms with E-state index in [2.05, 4.69) is 35.4 Å². The number of imidazole rings is 1. The van der Waals surface area contributed by atoms with E-state index >= 15 is 0 Å². The van der Waals surface area contributed by atoms with E-state index in [4.69, 9.17) is 33.9 Å². The van der Waals surface area contributed by atoms with Gasteiger partial charge in [0.2, 0.25) is 5.91 Å². The topological polar surface area (TPSA) is 299 Å². The van der Waals surface area contributed by atoms with Crippen LogP contribution in [0.2, 0.25) is 0 Å². The molecule has 5 rings (SSSR count). The average Bonchev–Trinajstić information content (AvgIpc) is 3.91. The molecule has 2 aromatic heterocycles. The zero-order chi connectivity index (χ0) is 39.2.